The Balaban J connectivity index is 2.32. The van der Waals surface area contributed by atoms with Crippen molar-refractivity contribution in [3.63, 3.8) is 0 Å². The van der Waals surface area contributed by atoms with Crippen LogP contribution in [-0.2, 0) is 6.54 Å². The summed E-state index contributed by atoms with van der Waals surface area (Å²) in [5.74, 6) is 0.639. The normalized spacial score (nSPS) is 12.3. The van der Waals surface area contributed by atoms with Gasteiger partial charge in [0.25, 0.3) is 5.69 Å². The number of nitrogens with one attached hydrogen (secondary N) is 1. The van der Waals surface area contributed by atoms with Gasteiger partial charge in [-0.1, -0.05) is 18.2 Å². The van der Waals surface area contributed by atoms with E-state index in [4.69, 9.17) is 0 Å². The molecule has 0 amide bonds. The van der Waals surface area contributed by atoms with E-state index in [9.17, 15) is 10.1 Å². The third-order valence-electron chi connectivity index (χ3n) is 2.89. The Kier molecular flexibility index (Phi) is 3.81. The van der Waals surface area contributed by atoms with Gasteiger partial charge < -0.3 is 5.32 Å². The summed E-state index contributed by atoms with van der Waals surface area (Å²) in [6, 6.07) is 6.54. The van der Waals surface area contributed by atoms with Gasteiger partial charge in [-0.2, -0.15) is 0 Å². The van der Waals surface area contributed by atoms with Crippen molar-refractivity contribution in [1.82, 2.24) is 25.5 Å². The molecule has 0 aliphatic heterocycles. The summed E-state index contributed by atoms with van der Waals surface area (Å²) in [5, 5.41) is 25.4. The van der Waals surface area contributed by atoms with Crippen molar-refractivity contribution in [2.24, 2.45) is 0 Å². The number of para-hydroxylation sites is 1. The van der Waals surface area contributed by atoms with Gasteiger partial charge in [-0.3, -0.25) is 10.1 Å². The number of nitro groups is 1. The largest absolute Gasteiger partial charge is 0.311 e. The lowest BCUT2D eigenvalue weighted by Gasteiger charge is -2.10. The first-order valence-corrected chi connectivity index (χ1v) is 5.79. The number of hydrogen-bond donors (Lipinski definition) is 1. The first-order chi connectivity index (χ1) is 9.13. The van der Waals surface area contributed by atoms with Gasteiger partial charge in [0.15, 0.2) is 5.82 Å². The zero-order valence-corrected chi connectivity index (χ0v) is 10.6. The molecule has 0 saturated carbocycles. The lowest BCUT2D eigenvalue weighted by atomic mass is 10.2. The minimum Gasteiger partial charge on any atom is -0.311 e. The van der Waals surface area contributed by atoms with Crippen molar-refractivity contribution >= 4 is 5.69 Å². The van der Waals surface area contributed by atoms with E-state index < -0.39 is 4.92 Å². The zero-order valence-electron chi connectivity index (χ0n) is 10.6. The maximum Gasteiger partial charge on any atom is 0.274 e. The number of aromatic nitrogens is 4. The van der Waals surface area contributed by atoms with Gasteiger partial charge in [0.05, 0.1) is 23.1 Å². The predicted octanol–water partition coefficient (Wildman–Crippen LogP) is 0.910. The van der Waals surface area contributed by atoms with E-state index in [1.54, 1.807) is 29.9 Å². The van der Waals surface area contributed by atoms with E-state index in [-0.39, 0.29) is 18.3 Å². The van der Waals surface area contributed by atoms with Crippen molar-refractivity contribution in [3.8, 4) is 0 Å². The van der Waals surface area contributed by atoms with Crippen molar-refractivity contribution in [2.45, 2.75) is 19.5 Å². The monoisotopic (exact) mass is 262 g/mol. The number of rotatable bonds is 5. The van der Waals surface area contributed by atoms with E-state index >= 15 is 0 Å². The zero-order chi connectivity index (χ0) is 13.8. The number of tetrazole rings is 1. The Hall–Kier alpha value is -2.35. The second-order valence-electron chi connectivity index (χ2n) is 4.09. The van der Waals surface area contributed by atoms with Crippen LogP contribution in [0.1, 0.15) is 24.4 Å². The minimum atomic E-state index is -0.402. The molecule has 1 heterocycles. The highest BCUT2D eigenvalue weighted by atomic mass is 16.6. The van der Waals surface area contributed by atoms with Crippen LogP contribution in [-0.4, -0.2) is 32.2 Å². The first kappa shape index (κ1) is 13.1. The fraction of sp³-hybridized carbons (Fsp3) is 0.364. The molecule has 8 heteroatoms. The molecule has 100 valence electrons. The third-order valence-corrected chi connectivity index (χ3v) is 2.89. The van der Waals surface area contributed by atoms with E-state index in [1.165, 1.54) is 6.07 Å². The molecular weight excluding hydrogens is 248 g/mol. The smallest absolute Gasteiger partial charge is 0.274 e. The second kappa shape index (κ2) is 5.53. The summed E-state index contributed by atoms with van der Waals surface area (Å²) in [6.07, 6.45) is 0. The first-order valence-electron chi connectivity index (χ1n) is 5.79. The standard InChI is InChI=1S/C11H14N6O2/c1-8(12-2)11-13-14-15-16(11)7-9-5-3-4-6-10(9)17(18)19/h3-6,8,12H,7H2,1-2H3. The predicted molar refractivity (Wildman–Crippen MR) is 67.5 cm³/mol. The number of nitrogens with zero attached hydrogens (tertiary/aromatic N) is 5. The van der Waals surface area contributed by atoms with Crippen molar-refractivity contribution in [2.75, 3.05) is 7.05 Å². The van der Waals surface area contributed by atoms with Crippen LogP contribution in [0.3, 0.4) is 0 Å². The lowest BCUT2D eigenvalue weighted by Crippen LogP contribution is -2.19. The Morgan fingerprint density at radius 3 is 2.89 bits per heavy atom. The quantitative estimate of drug-likeness (QED) is 0.635. The van der Waals surface area contributed by atoms with Crippen LogP contribution in [0.4, 0.5) is 5.69 Å². The molecular formula is C11H14N6O2. The van der Waals surface area contributed by atoms with Crippen LogP contribution in [0.25, 0.3) is 0 Å². The van der Waals surface area contributed by atoms with Crippen LogP contribution in [0.15, 0.2) is 24.3 Å². The Morgan fingerprint density at radius 2 is 2.21 bits per heavy atom. The molecule has 0 bridgehead atoms. The Labute approximate surface area is 109 Å². The summed E-state index contributed by atoms with van der Waals surface area (Å²) < 4.78 is 1.56. The molecule has 0 aliphatic rings. The molecule has 8 nitrogen and oxygen atoms in total. The van der Waals surface area contributed by atoms with E-state index in [0.29, 0.717) is 11.4 Å². The van der Waals surface area contributed by atoms with Gasteiger partial charge >= 0.3 is 0 Å². The summed E-state index contributed by atoms with van der Waals surface area (Å²) in [6.45, 7) is 2.19. The maximum atomic E-state index is 11.0. The van der Waals surface area contributed by atoms with Gasteiger partial charge in [0.1, 0.15) is 0 Å². The van der Waals surface area contributed by atoms with Crippen molar-refractivity contribution < 1.29 is 4.92 Å². The lowest BCUT2D eigenvalue weighted by molar-refractivity contribution is -0.385. The van der Waals surface area contributed by atoms with Crippen molar-refractivity contribution in [1.29, 1.82) is 0 Å². The molecule has 0 fully saturated rings. The molecule has 0 radical (unpaired) electrons. The molecule has 1 aromatic carbocycles. The molecule has 1 atom stereocenters. The van der Waals surface area contributed by atoms with Crippen LogP contribution in [0, 0.1) is 10.1 Å². The number of benzene rings is 1. The molecule has 19 heavy (non-hydrogen) atoms. The molecule has 0 spiro atoms. The van der Waals surface area contributed by atoms with Crippen molar-refractivity contribution in [3.05, 3.63) is 45.8 Å². The highest BCUT2D eigenvalue weighted by molar-refractivity contribution is 5.39. The van der Waals surface area contributed by atoms with Crippen LogP contribution < -0.4 is 5.32 Å². The van der Waals surface area contributed by atoms with Crippen LogP contribution in [0.2, 0.25) is 0 Å². The highest BCUT2D eigenvalue weighted by Crippen LogP contribution is 2.19. The van der Waals surface area contributed by atoms with Gasteiger partial charge in [0, 0.05) is 6.07 Å². The Bertz CT molecular complexity index is 582. The maximum absolute atomic E-state index is 11.0. The molecule has 2 aromatic rings. The third kappa shape index (κ3) is 2.74. The van der Waals surface area contributed by atoms with Crippen LogP contribution >= 0.6 is 0 Å². The minimum absolute atomic E-state index is 0.0298. The molecule has 0 aliphatic carbocycles. The molecule has 0 saturated heterocycles. The molecule has 1 N–H and O–H groups in total. The fourth-order valence-electron chi connectivity index (χ4n) is 1.75. The number of hydrogen-bond acceptors (Lipinski definition) is 6. The topological polar surface area (TPSA) is 98.8 Å². The molecule has 1 unspecified atom stereocenters. The van der Waals surface area contributed by atoms with E-state index in [0.717, 1.165) is 0 Å². The van der Waals surface area contributed by atoms with E-state index in [1.807, 2.05) is 6.92 Å². The van der Waals surface area contributed by atoms with Gasteiger partial charge in [-0.15, -0.1) is 5.10 Å². The highest BCUT2D eigenvalue weighted by Gasteiger charge is 2.17. The summed E-state index contributed by atoms with van der Waals surface area (Å²) in [7, 11) is 1.80. The average Bonchev–Trinajstić information content (AvgIpc) is 2.86. The van der Waals surface area contributed by atoms with E-state index in [2.05, 4.69) is 20.8 Å². The summed E-state index contributed by atoms with van der Waals surface area (Å²) in [4.78, 5) is 10.6. The molecule has 2 rings (SSSR count). The van der Waals surface area contributed by atoms with Crippen LogP contribution in [0.5, 0.6) is 0 Å². The van der Waals surface area contributed by atoms with Gasteiger partial charge in [-0.05, 0) is 24.4 Å². The Morgan fingerprint density at radius 1 is 1.47 bits per heavy atom. The SMILES string of the molecule is CNC(C)c1nnnn1Cc1ccccc1[N+](=O)[O-]. The average molecular weight is 262 g/mol. The number of nitro benzene ring substituents is 1. The van der Waals surface area contributed by atoms with Gasteiger partial charge in [-0.25, -0.2) is 4.68 Å². The molecule has 1 aromatic heterocycles. The summed E-state index contributed by atoms with van der Waals surface area (Å²) in [5.41, 5.74) is 0.644. The fourth-order valence-corrected chi connectivity index (χ4v) is 1.75. The summed E-state index contributed by atoms with van der Waals surface area (Å²) >= 11 is 0. The second-order valence-corrected chi connectivity index (χ2v) is 4.09. The van der Waals surface area contributed by atoms with Gasteiger partial charge in [0.2, 0.25) is 0 Å².